The number of aldehydes is 1. The van der Waals surface area contributed by atoms with E-state index < -0.39 is 0 Å². The van der Waals surface area contributed by atoms with Crippen LogP contribution >= 0.6 is 0 Å². The maximum atomic E-state index is 10.8. The van der Waals surface area contributed by atoms with Crippen LogP contribution in [0.15, 0.2) is 54.7 Å². The third kappa shape index (κ3) is 1.61. The van der Waals surface area contributed by atoms with Gasteiger partial charge in [0.05, 0.1) is 17.4 Å². The Kier molecular flexibility index (Phi) is 2.22. The second kappa shape index (κ2) is 3.87. The molecular weight excluding hydrogens is 212 g/mol. The van der Waals surface area contributed by atoms with Crippen LogP contribution in [0.5, 0.6) is 0 Å². The Morgan fingerprint density at radius 2 is 1.94 bits per heavy atom. The molecule has 0 aliphatic carbocycles. The normalized spacial score (nSPS) is 10.6. The highest BCUT2D eigenvalue weighted by Crippen LogP contribution is 2.18. The summed E-state index contributed by atoms with van der Waals surface area (Å²) < 4.78 is 1.84. The van der Waals surface area contributed by atoms with Crippen molar-refractivity contribution in [3.05, 3.63) is 60.3 Å². The number of para-hydroxylation sites is 1. The van der Waals surface area contributed by atoms with E-state index in [1.807, 2.05) is 53.3 Å². The second-order valence-electron chi connectivity index (χ2n) is 3.83. The summed E-state index contributed by atoms with van der Waals surface area (Å²) in [5.41, 5.74) is 2.59. The van der Waals surface area contributed by atoms with Gasteiger partial charge >= 0.3 is 0 Å². The van der Waals surface area contributed by atoms with Crippen LogP contribution in [0.1, 0.15) is 10.4 Å². The third-order valence-corrected chi connectivity index (χ3v) is 2.73. The number of hydrogen-bond donors (Lipinski definition) is 0. The number of nitrogens with zero attached hydrogens (tertiary/aromatic N) is 2. The number of carbonyl (C=O) groups is 1. The molecule has 0 N–H and O–H groups in total. The van der Waals surface area contributed by atoms with E-state index in [0.717, 1.165) is 22.9 Å². The molecule has 0 spiro atoms. The van der Waals surface area contributed by atoms with Crippen LogP contribution in [0.2, 0.25) is 0 Å². The lowest BCUT2D eigenvalue weighted by Gasteiger charge is -2.03. The fourth-order valence-electron chi connectivity index (χ4n) is 1.91. The van der Waals surface area contributed by atoms with Crippen LogP contribution in [-0.4, -0.2) is 16.1 Å². The van der Waals surface area contributed by atoms with E-state index in [0.29, 0.717) is 5.56 Å². The molecule has 0 bridgehead atoms. The van der Waals surface area contributed by atoms with Crippen molar-refractivity contribution in [1.29, 1.82) is 0 Å². The Bertz CT molecular complexity index is 685. The molecule has 0 atom stereocenters. The maximum absolute atomic E-state index is 10.8. The lowest BCUT2D eigenvalue weighted by atomic mass is 10.2. The summed E-state index contributed by atoms with van der Waals surface area (Å²) in [5.74, 6) is 0. The highest BCUT2D eigenvalue weighted by atomic mass is 16.1. The van der Waals surface area contributed by atoms with Crippen molar-refractivity contribution in [2.75, 3.05) is 0 Å². The molecule has 3 rings (SSSR count). The zero-order valence-corrected chi connectivity index (χ0v) is 9.08. The summed E-state index contributed by atoms with van der Waals surface area (Å²) in [7, 11) is 0. The van der Waals surface area contributed by atoms with Gasteiger partial charge in [-0.15, -0.1) is 0 Å². The molecule has 3 heteroatoms. The predicted octanol–water partition coefficient (Wildman–Crippen LogP) is 2.84. The molecule has 0 saturated carbocycles. The number of rotatable bonds is 2. The first-order valence-electron chi connectivity index (χ1n) is 5.37. The van der Waals surface area contributed by atoms with Crippen LogP contribution in [-0.2, 0) is 0 Å². The number of aromatic nitrogens is 2. The van der Waals surface area contributed by atoms with Crippen molar-refractivity contribution < 1.29 is 4.79 Å². The summed E-state index contributed by atoms with van der Waals surface area (Å²) >= 11 is 0. The molecule has 0 amide bonds. The molecule has 0 aliphatic rings. The van der Waals surface area contributed by atoms with Gasteiger partial charge in [0.25, 0.3) is 0 Å². The van der Waals surface area contributed by atoms with Crippen molar-refractivity contribution in [3.8, 4) is 5.69 Å². The van der Waals surface area contributed by atoms with Crippen LogP contribution in [0.25, 0.3) is 16.6 Å². The minimum absolute atomic E-state index is 0.655. The van der Waals surface area contributed by atoms with E-state index in [2.05, 4.69) is 5.10 Å². The summed E-state index contributed by atoms with van der Waals surface area (Å²) in [6.45, 7) is 0. The highest BCUT2D eigenvalue weighted by molar-refractivity contribution is 5.81. The van der Waals surface area contributed by atoms with Gasteiger partial charge in [0.15, 0.2) is 0 Å². The monoisotopic (exact) mass is 222 g/mol. The molecule has 1 heterocycles. The van der Waals surface area contributed by atoms with Crippen molar-refractivity contribution in [2.45, 2.75) is 0 Å². The Balaban J connectivity index is 2.23. The van der Waals surface area contributed by atoms with Crippen molar-refractivity contribution >= 4 is 17.2 Å². The first kappa shape index (κ1) is 9.78. The van der Waals surface area contributed by atoms with Gasteiger partial charge < -0.3 is 0 Å². The molecule has 0 aliphatic heterocycles. The molecule has 17 heavy (non-hydrogen) atoms. The zero-order valence-electron chi connectivity index (χ0n) is 9.08. The molecule has 1 aromatic heterocycles. The third-order valence-electron chi connectivity index (χ3n) is 2.73. The standard InChI is InChI=1S/C14H10N2O/c17-10-11-4-3-6-13(8-11)16-14-7-2-1-5-12(14)9-15-16/h1-10H. The molecule has 3 nitrogen and oxygen atoms in total. The summed E-state index contributed by atoms with van der Waals surface area (Å²) in [5, 5.41) is 5.43. The molecule has 82 valence electrons. The zero-order chi connectivity index (χ0) is 11.7. The van der Waals surface area contributed by atoms with Gasteiger partial charge in [0, 0.05) is 10.9 Å². The Morgan fingerprint density at radius 1 is 1.06 bits per heavy atom. The Hall–Kier alpha value is -2.42. The van der Waals surface area contributed by atoms with E-state index in [4.69, 9.17) is 0 Å². The first-order valence-corrected chi connectivity index (χ1v) is 5.37. The summed E-state index contributed by atoms with van der Waals surface area (Å²) in [6.07, 6.45) is 2.66. The van der Waals surface area contributed by atoms with E-state index >= 15 is 0 Å². The van der Waals surface area contributed by atoms with Gasteiger partial charge in [-0.3, -0.25) is 4.79 Å². The minimum atomic E-state index is 0.655. The first-order chi connectivity index (χ1) is 8.38. The minimum Gasteiger partial charge on any atom is -0.298 e. The van der Waals surface area contributed by atoms with Gasteiger partial charge in [-0.05, 0) is 18.2 Å². The molecular formula is C14H10N2O. The summed E-state index contributed by atoms with van der Waals surface area (Å²) in [6, 6.07) is 15.4. The number of carbonyl (C=O) groups excluding carboxylic acids is 1. The van der Waals surface area contributed by atoms with Gasteiger partial charge in [-0.1, -0.05) is 30.3 Å². The van der Waals surface area contributed by atoms with E-state index in [1.54, 1.807) is 6.07 Å². The van der Waals surface area contributed by atoms with Gasteiger partial charge in [-0.25, -0.2) is 4.68 Å². The average molecular weight is 222 g/mol. The molecule has 0 unspecified atom stereocenters. The highest BCUT2D eigenvalue weighted by Gasteiger charge is 2.04. The van der Waals surface area contributed by atoms with E-state index in [-0.39, 0.29) is 0 Å². The topological polar surface area (TPSA) is 34.9 Å². The number of fused-ring (bicyclic) bond motifs is 1. The van der Waals surface area contributed by atoms with Crippen molar-refractivity contribution in [3.63, 3.8) is 0 Å². The van der Waals surface area contributed by atoms with Crippen LogP contribution in [0.4, 0.5) is 0 Å². The van der Waals surface area contributed by atoms with Crippen LogP contribution < -0.4 is 0 Å². The van der Waals surface area contributed by atoms with Gasteiger partial charge in [0.1, 0.15) is 6.29 Å². The van der Waals surface area contributed by atoms with E-state index in [9.17, 15) is 4.79 Å². The fraction of sp³-hybridized carbons (Fsp3) is 0. The lowest BCUT2D eigenvalue weighted by Crippen LogP contribution is -1.96. The van der Waals surface area contributed by atoms with Crippen molar-refractivity contribution in [1.82, 2.24) is 9.78 Å². The SMILES string of the molecule is O=Cc1cccc(-n2ncc3ccccc32)c1. The molecule has 0 fully saturated rings. The fourth-order valence-corrected chi connectivity index (χ4v) is 1.91. The molecule has 3 aromatic rings. The molecule has 2 aromatic carbocycles. The number of hydrogen-bond acceptors (Lipinski definition) is 2. The second-order valence-corrected chi connectivity index (χ2v) is 3.83. The van der Waals surface area contributed by atoms with Gasteiger partial charge in [-0.2, -0.15) is 5.10 Å². The van der Waals surface area contributed by atoms with Gasteiger partial charge in [0.2, 0.25) is 0 Å². The molecule has 0 saturated heterocycles. The van der Waals surface area contributed by atoms with Crippen LogP contribution in [0.3, 0.4) is 0 Å². The number of benzene rings is 2. The van der Waals surface area contributed by atoms with E-state index in [1.165, 1.54) is 0 Å². The maximum Gasteiger partial charge on any atom is 0.150 e. The van der Waals surface area contributed by atoms with Crippen molar-refractivity contribution in [2.24, 2.45) is 0 Å². The largest absolute Gasteiger partial charge is 0.298 e. The molecule has 0 radical (unpaired) electrons. The Morgan fingerprint density at radius 3 is 2.82 bits per heavy atom. The Labute approximate surface area is 98.3 Å². The predicted molar refractivity (Wildman–Crippen MR) is 66.5 cm³/mol. The van der Waals surface area contributed by atoms with Crippen LogP contribution in [0, 0.1) is 0 Å². The lowest BCUT2D eigenvalue weighted by molar-refractivity contribution is 0.112. The quantitative estimate of drug-likeness (QED) is 0.625. The summed E-state index contributed by atoms with van der Waals surface area (Å²) in [4.78, 5) is 10.8. The average Bonchev–Trinajstić information content (AvgIpc) is 2.82. The smallest absolute Gasteiger partial charge is 0.150 e.